The van der Waals surface area contributed by atoms with Crippen LogP contribution in [0.3, 0.4) is 0 Å². The quantitative estimate of drug-likeness (QED) is 0.288. The predicted molar refractivity (Wildman–Crippen MR) is 154 cm³/mol. The van der Waals surface area contributed by atoms with Gasteiger partial charge in [-0.3, -0.25) is 4.90 Å². The van der Waals surface area contributed by atoms with E-state index >= 15 is 0 Å². The van der Waals surface area contributed by atoms with Gasteiger partial charge < -0.3 is 25.3 Å². The van der Waals surface area contributed by atoms with Crippen molar-refractivity contribution in [1.29, 1.82) is 0 Å². The first-order valence-corrected chi connectivity index (χ1v) is 13.4. The van der Waals surface area contributed by atoms with Crippen molar-refractivity contribution in [3.8, 4) is 0 Å². The molecule has 1 aliphatic heterocycles. The SMILES string of the molecule is CN1CCN(C(c2ccccc2)c2ccc3c(c2)CCCCC3)CC1.O=C(O)/C=C/C(=O)O.O=C(O)/C=C/C(=O)O. The van der Waals surface area contributed by atoms with Crippen LogP contribution >= 0.6 is 0 Å². The number of likely N-dealkylation sites (N-methyl/N-ethyl adjacent to an activating group) is 1. The summed E-state index contributed by atoms with van der Waals surface area (Å²) in [4.78, 5) is 43.3. The van der Waals surface area contributed by atoms with Gasteiger partial charge in [-0.25, -0.2) is 19.2 Å². The molecule has 0 aromatic heterocycles. The van der Waals surface area contributed by atoms with Crippen molar-refractivity contribution in [2.45, 2.75) is 38.1 Å². The average molecular weight is 567 g/mol. The third-order valence-electron chi connectivity index (χ3n) is 6.69. The molecule has 41 heavy (non-hydrogen) atoms. The summed E-state index contributed by atoms with van der Waals surface area (Å²) in [5.41, 5.74) is 6.11. The van der Waals surface area contributed by atoms with Crippen LogP contribution in [0.25, 0.3) is 0 Å². The molecule has 10 heteroatoms. The van der Waals surface area contributed by atoms with E-state index in [0.717, 1.165) is 26.2 Å². The maximum atomic E-state index is 9.55. The van der Waals surface area contributed by atoms with E-state index in [1.807, 2.05) is 0 Å². The Morgan fingerprint density at radius 2 is 1.12 bits per heavy atom. The highest BCUT2D eigenvalue weighted by atomic mass is 16.4. The van der Waals surface area contributed by atoms with Crippen LogP contribution in [0.2, 0.25) is 0 Å². The third-order valence-corrected chi connectivity index (χ3v) is 6.69. The molecule has 0 saturated carbocycles. The number of fused-ring (bicyclic) bond motifs is 1. The van der Waals surface area contributed by atoms with Crippen molar-refractivity contribution in [1.82, 2.24) is 9.80 Å². The Morgan fingerprint density at radius 3 is 1.61 bits per heavy atom. The lowest BCUT2D eigenvalue weighted by molar-refractivity contribution is -0.134. The Balaban J connectivity index is 0.000000304. The summed E-state index contributed by atoms with van der Waals surface area (Å²) in [7, 11) is 2.23. The Labute approximate surface area is 239 Å². The van der Waals surface area contributed by atoms with Crippen LogP contribution in [0.5, 0.6) is 0 Å². The van der Waals surface area contributed by atoms with Crippen LogP contribution in [0.1, 0.15) is 47.6 Å². The number of aliphatic carboxylic acids is 4. The fourth-order valence-corrected chi connectivity index (χ4v) is 4.71. The van der Waals surface area contributed by atoms with Gasteiger partial charge in [0.2, 0.25) is 0 Å². The van der Waals surface area contributed by atoms with E-state index in [-0.39, 0.29) is 0 Å². The number of piperazine rings is 1. The molecule has 1 aliphatic carbocycles. The highest BCUT2D eigenvalue weighted by molar-refractivity contribution is 5.90. The van der Waals surface area contributed by atoms with E-state index in [2.05, 4.69) is 65.4 Å². The molecular weight excluding hydrogens is 528 g/mol. The number of hydrogen-bond donors (Lipinski definition) is 4. The maximum Gasteiger partial charge on any atom is 0.328 e. The molecule has 0 bridgehead atoms. The molecule has 1 saturated heterocycles. The molecular formula is C31H38N2O8. The lowest BCUT2D eigenvalue weighted by Crippen LogP contribution is -2.46. The standard InChI is InChI=1S/C23H30N2.2C4H4O4/c1-24-14-16-25(17-15-24)23(20-9-5-3-6-10-20)22-13-12-19-8-4-2-7-11-21(19)18-22;2*5-3(6)1-2-4(7)8/h3,5-6,9-10,12-13,18,23H,2,4,7-8,11,14-17H2,1H3;2*1-2H,(H,5,6)(H,7,8)/b;2*2-1+. The Bertz CT molecular complexity index is 1150. The van der Waals surface area contributed by atoms with Crippen molar-refractivity contribution in [2.24, 2.45) is 0 Å². The van der Waals surface area contributed by atoms with Crippen molar-refractivity contribution in [3.63, 3.8) is 0 Å². The van der Waals surface area contributed by atoms with E-state index < -0.39 is 23.9 Å². The second-order valence-corrected chi connectivity index (χ2v) is 9.76. The first kappa shape index (κ1) is 32.9. The largest absolute Gasteiger partial charge is 0.478 e. The predicted octanol–water partition coefficient (Wildman–Crippen LogP) is 3.72. The first-order chi connectivity index (χ1) is 19.6. The number of aryl methyl sites for hydroxylation is 2. The smallest absolute Gasteiger partial charge is 0.328 e. The minimum atomic E-state index is -1.26. The van der Waals surface area contributed by atoms with E-state index in [1.54, 1.807) is 11.1 Å². The minimum absolute atomic E-state index is 0.392. The van der Waals surface area contributed by atoms with Crippen LogP contribution < -0.4 is 0 Å². The molecule has 0 amide bonds. The second kappa shape index (κ2) is 17.4. The maximum absolute atomic E-state index is 9.55. The molecule has 4 N–H and O–H groups in total. The molecule has 4 rings (SSSR count). The highest BCUT2D eigenvalue weighted by Gasteiger charge is 2.26. The number of rotatable bonds is 7. The number of nitrogens with zero attached hydrogens (tertiary/aromatic N) is 2. The molecule has 1 atom stereocenters. The second-order valence-electron chi connectivity index (χ2n) is 9.76. The number of carbonyl (C=O) groups is 4. The van der Waals surface area contributed by atoms with Crippen LogP contribution in [0.4, 0.5) is 0 Å². The van der Waals surface area contributed by atoms with Crippen LogP contribution in [0, 0.1) is 0 Å². The summed E-state index contributed by atoms with van der Waals surface area (Å²) in [5.74, 6) is -5.03. The van der Waals surface area contributed by atoms with Gasteiger partial charge in [-0.2, -0.15) is 0 Å². The summed E-state index contributed by atoms with van der Waals surface area (Å²) in [6.07, 6.45) is 8.83. The van der Waals surface area contributed by atoms with Crippen molar-refractivity contribution in [3.05, 3.63) is 95.1 Å². The molecule has 10 nitrogen and oxygen atoms in total. The van der Waals surface area contributed by atoms with Gasteiger partial charge in [0.25, 0.3) is 0 Å². The van der Waals surface area contributed by atoms with Gasteiger partial charge >= 0.3 is 23.9 Å². The lowest BCUT2D eigenvalue weighted by atomic mass is 9.92. The molecule has 2 aromatic rings. The molecule has 1 fully saturated rings. The topological polar surface area (TPSA) is 156 Å². The van der Waals surface area contributed by atoms with Gasteiger partial charge in [-0.15, -0.1) is 0 Å². The minimum Gasteiger partial charge on any atom is -0.478 e. The summed E-state index contributed by atoms with van der Waals surface area (Å²) in [5, 5.41) is 31.2. The molecule has 220 valence electrons. The number of carboxylic acids is 4. The average Bonchev–Trinajstić information content (AvgIpc) is 3.18. The van der Waals surface area contributed by atoms with E-state index in [0.29, 0.717) is 30.3 Å². The van der Waals surface area contributed by atoms with Gasteiger partial charge in [0.15, 0.2) is 0 Å². The zero-order chi connectivity index (χ0) is 30.2. The van der Waals surface area contributed by atoms with Crippen LogP contribution in [-0.2, 0) is 32.0 Å². The molecule has 0 radical (unpaired) electrons. The highest BCUT2D eigenvalue weighted by Crippen LogP contribution is 2.32. The van der Waals surface area contributed by atoms with Crippen molar-refractivity contribution >= 4 is 23.9 Å². The van der Waals surface area contributed by atoms with Gasteiger partial charge in [-0.1, -0.05) is 55.0 Å². The fourth-order valence-electron chi connectivity index (χ4n) is 4.71. The van der Waals surface area contributed by atoms with Gasteiger partial charge in [-0.05, 0) is 55.0 Å². The molecule has 0 spiro atoms. The van der Waals surface area contributed by atoms with Crippen molar-refractivity contribution < 1.29 is 39.6 Å². The van der Waals surface area contributed by atoms with Gasteiger partial charge in [0.05, 0.1) is 6.04 Å². The van der Waals surface area contributed by atoms with Crippen molar-refractivity contribution in [2.75, 3.05) is 33.2 Å². The van der Waals surface area contributed by atoms with E-state index in [9.17, 15) is 19.2 Å². The summed E-state index contributed by atoms with van der Waals surface area (Å²) >= 11 is 0. The molecule has 1 heterocycles. The van der Waals surface area contributed by atoms with E-state index in [4.69, 9.17) is 20.4 Å². The fraction of sp³-hybridized carbons (Fsp3) is 0.355. The summed E-state index contributed by atoms with van der Waals surface area (Å²) in [6.45, 7) is 4.61. The lowest BCUT2D eigenvalue weighted by Gasteiger charge is -2.38. The van der Waals surface area contributed by atoms with Crippen LogP contribution in [-0.4, -0.2) is 87.3 Å². The molecule has 1 unspecified atom stereocenters. The summed E-state index contributed by atoms with van der Waals surface area (Å²) < 4.78 is 0. The van der Waals surface area contributed by atoms with Gasteiger partial charge in [0.1, 0.15) is 0 Å². The number of benzene rings is 2. The Morgan fingerprint density at radius 1 is 0.634 bits per heavy atom. The number of carboxylic acid groups (broad SMARTS) is 4. The monoisotopic (exact) mass is 566 g/mol. The van der Waals surface area contributed by atoms with Crippen LogP contribution in [0.15, 0.2) is 72.8 Å². The number of hydrogen-bond acceptors (Lipinski definition) is 6. The first-order valence-electron chi connectivity index (χ1n) is 13.4. The molecule has 2 aliphatic rings. The summed E-state index contributed by atoms with van der Waals surface area (Å²) in [6, 6.07) is 18.8. The van der Waals surface area contributed by atoms with Gasteiger partial charge in [0, 0.05) is 50.5 Å². The Hall–Kier alpha value is -4.28. The van der Waals surface area contributed by atoms with E-state index in [1.165, 1.54) is 43.2 Å². The zero-order valence-corrected chi connectivity index (χ0v) is 23.2. The normalized spacial score (nSPS) is 16.3. The zero-order valence-electron chi connectivity index (χ0n) is 23.2. The third kappa shape index (κ3) is 12.6. The molecule has 2 aromatic carbocycles. The Kier molecular flexibility index (Phi) is 14.0.